The number of carbonyl (C=O) groups excluding carboxylic acids is 1. The van der Waals surface area contributed by atoms with E-state index in [1.807, 2.05) is 24.3 Å². The standard InChI is InChI=1S/C19H19FN2O2/c1-24-17-8-6-11-13(18(17)20)5-7-16(11)22-15-4-2-3-14-12(15)9-10-21-19(14)23/h2-4,6,8,16,22H,5,7,9-10H2,1H3,(H,21,23). The van der Waals surface area contributed by atoms with Gasteiger partial charge < -0.3 is 15.4 Å². The zero-order valence-corrected chi connectivity index (χ0v) is 13.5. The molecule has 0 radical (unpaired) electrons. The van der Waals surface area contributed by atoms with Gasteiger partial charge in [0.1, 0.15) is 0 Å². The van der Waals surface area contributed by atoms with Gasteiger partial charge in [0.25, 0.3) is 5.91 Å². The molecule has 2 aromatic rings. The van der Waals surface area contributed by atoms with Crippen LogP contribution in [0.4, 0.5) is 10.1 Å². The van der Waals surface area contributed by atoms with Gasteiger partial charge >= 0.3 is 0 Å². The largest absolute Gasteiger partial charge is 0.494 e. The molecule has 0 saturated heterocycles. The fourth-order valence-electron chi connectivity index (χ4n) is 3.74. The predicted molar refractivity (Wildman–Crippen MR) is 90.1 cm³/mol. The molecule has 2 aliphatic rings. The summed E-state index contributed by atoms with van der Waals surface area (Å²) < 4.78 is 19.5. The summed E-state index contributed by atoms with van der Waals surface area (Å²) in [6.45, 7) is 0.650. The van der Waals surface area contributed by atoms with E-state index < -0.39 is 0 Å². The summed E-state index contributed by atoms with van der Waals surface area (Å²) in [5.41, 5.74) is 4.45. The van der Waals surface area contributed by atoms with Gasteiger partial charge in [0.15, 0.2) is 11.6 Å². The van der Waals surface area contributed by atoms with Crippen molar-refractivity contribution in [2.45, 2.75) is 25.3 Å². The number of nitrogens with one attached hydrogen (secondary N) is 2. The van der Waals surface area contributed by atoms with Crippen LogP contribution in [0.15, 0.2) is 30.3 Å². The van der Waals surface area contributed by atoms with Crippen molar-refractivity contribution in [2.75, 3.05) is 19.0 Å². The minimum atomic E-state index is -0.256. The Kier molecular flexibility index (Phi) is 3.63. The van der Waals surface area contributed by atoms with Crippen LogP contribution < -0.4 is 15.4 Å². The van der Waals surface area contributed by atoms with Gasteiger partial charge in [-0.05, 0) is 54.2 Å². The van der Waals surface area contributed by atoms with E-state index in [1.165, 1.54) is 7.11 Å². The lowest BCUT2D eigenvalue weighted by Gasteiger charge is -2.23. The molecular formula is C19H19FN2O2. The van der Waals surface area contributed by atoms with Crippen molar-refractivity contribution in [1.29, 1.82) is 0 Å². The number of amides is 1. The van der Waals surface area contributed by atoms with Gasteiger partial charge in [-0.1, -0.05) is 12.1 Å². The van der Waals surface area contributed by atoms with Crippen LogP contribution in [0.25, 0.3) is 0 Å². The topological polar surface area (TPSA) is 50.4 Å². The first-order chi connectivity index (χ1) is 11.7. The molecule has 2 N–H and O–H groups in total. The van der Waals surface area contributed by atoms with Crippen LogP contribution in [-0.2, 0) is 12.8 Å². The molecule has 0 aromatic heterocycles. The van der Waals surface area contributed by atoms with E-state index in [2.05, 4.69) is 10.6 Å². The normalized spacial score (nSPS) is 18.6. The van der Waals surface area contributed by atoms with Crippen LogP contribution in [0.5, 0.6) is 5.75 Å². The summed E-state index contributed by atoms with van der Waals surface area (Å²) in [5.74, 6) is 0.0134. The molecule has 1 amide bonds. The number of fused-ring (bicyclic) bond motifs is 2. The minimum Gasteiger partial charge on any atom is -0.494 e. The highest BCUT2D eigenvalue weighted by Gasteiger charge is 2.28. The van der Waals surface area contributed by atoms with Crippen molar-refractivity contribution in [3.63, 3.8) is 0 Å². The number of ether oxygens (including phenoxy) is 1. The molecule has 0 bridgehead atoms. The van der Waals surface area contributed by atoms with Crippen LogP contribution >= 0.6 is 0 Å². The Morgan fingerprint density at radius 1 is 1.21 bits per heavy atom. The molecule has 0 saturated carbocycles. The van der Waals surface area contributed by atoms with Crippen molar-refractivity contribution < 1.29 is 13.9 Å². The van der Waals surface area contributed by atoms with E-state index in [9.17, 15) is 9.18 Å². The zero-order chi connectivity index (χ0) is 16.7. The number of hydrogen-bond acceptors (Lipinski definition) is 3. The SMILES string of the molecule is COc1ccc2c(c1F)CCC2Nc1cccc2c1CCNC2=O. The first-order valence-electron chi connectivity index (χ1n) is 8.21. The van der Waals surface area contributed by atoms with E-state index in [4.69, 9.17) is 4.74 Å². The Hall–Kier alpha value is -2.56. The summed E-state index contributed by atoms with van der Waals surface area (Å²) in [5, 5.41) is 6.39. The molecule has 1 aliphatic carbocycles. The van der Waals surface area contributed by atoms with Gasteiger partial charge in [-0.15, -0.1) is 0 Å². The molecule has 4 nitrogen and oxygen atoms in total. The molecule has 5 heteroatoms. The summed E-state index contributed by atoms with van der Waals surface area (Å²) in [4.78, 5) is 12.0. The van der Waals surface area contributed by atoms with Crippen LogP contribution in [0, 0.1) is 5.82 Å². The maximum absolute atomic E-state index is 14.4. The van der Waals surface area contributed by atoms with Crippen molar-refractivity contribution in [2.24, 2.45) is 0 Å². The third-order valence-corrected chi connectivity index (χ3v) is 4.93. The van der Waals surface area contributed by atoms with E-state index in [0.29, 0.717) is 18.7 Å². The van der Waals surface area contributed by atoms with Gasteiger partial charge in [0.2, 0.25) is 0 Å². The highest BCUT2D eigenvalue weighted by molar-refractivity contribution is 5.98. The van der Waals surface area contributed by atoms with E-state index in [-0.39, 0.29) is 17.8 Å². The maximum atomic E-state index is 14.4. The average molecular weight is 326 g/mol. The van der Waals surface area contributed by atoms with Crippen LogP contribution in [-0.4, -0.2) is 19.6 Å². The van der Waals surface area contributed by atoms with Gasteiger partial charge in [-0.3, -0.25) is 4.79 Å². The Morgan fingerprint density at radius 2 is 2.08 bits per heavy atom. The van der Waals surface area contributed by atoms with E-state index in [0.717, 1.165) is 40.8 Å². The van der Waals surface area contributed by atoms with Crippen molar-refractivity contribution in [3.8, 4) is 5.75 Å². The number of benzene rings is 2. The Balaban J connectivity index is 1.67. The maximum Gasteiger partial charge on any atom is 0.251 e. The zero-order valence-electron chi connectivity index (χ0n) is 13.5. The molecule has 124 valence electrons. The second-order valence-electron chi connectivity index (χ2n) is 6.22. The second kappa shape index (κ2) is 5.82. The van der Waals surface area contributed by atoms with Crippen molar-refractivity contribution >= 4 is 11.6 Å². The smallest absolute Gasteiger partial charge is 0.251 e. The molecule has 4 rings (SSSR count). The Bertz CT molecular complexity index is 819. The predicted octanol–water partition coefficient (Wildman–Crippen LogP) is 3.22. The lowest BCUT2D eigenvalue weighted by Crippen LogP contribution is -2.32. The average Bonchev–Trinajstić information content (AvgIpc) is 3.00. The first kappa shape index (κ1) is 15.0. The summed E-state index contributed by atoms with van der Waals surface area (Å²) in [6, 6.07) is 9.40. The number of halogens is 1. The van der Waals surface area contributed by atoms with Gasteiger partial charge in [0, 0.05) is 17.8 Å². The lowest BCUT2D eigenvalue weighted by molar-refractivity contribution is 0.0946. The highest BCUT2D eigenvalue weighted by atomic mass is 19.1. The lowest BCUT2D eigenvalue weighted by atomic mass is 9.97. The van der Waals surface area contributed by atoms with Crippen molar-refractivity contribution in [1.82, 2.24) is 5.32 Å². The highest BCUT2D eigenvalue weighted by Crippen LogP contribution is 2.39. The molecule has 1 unspecified atom stereocenters. The van der Waals surface area contributed by atoms with E-state index in [1.54, 1.807) is 6.07 Å². The molecular weight excluding hydrogens is 307 g/mol. The van der Waals surface area contributed by atoms with Crippen LogP contribution in [0.2, 0.25) is 0 Å². The number of methoxy groups -OCH3 is 1. The number of carbonyl (C=O) groups is 1. The monoisotopic (exact) mass is 326 g/mol. The molecule has 1 aliphatic heterocycles. The fourth-order valence-corrected chi connectivity index (χ4v) is 3.74. The van der Waals surface area contributed by atoms with Gasteiger partial charge in [-0.2, -0.15) is 0 Å². The molecule has 1 heterocycles. The number of rotatable bonds is 3. The number of hydrogen-bond donors (Lipinski definition) is 2. The quantitative estimate of drug-likeness (QED) is 0.910. The second-order valence-corrected chi connectivity index (χ2v) is 6.22. The molecule has 0 fully saturated rings. The third kappa shape index (κ3) is 2.31. The van der Waals surface area contributed by atoms with Gasteiger partial charge in [-0.25, -0.2) is 4.39 Å². The minimum absolute atomic E-state index is 0.0255. The van der Waals surface area contributed by atoms with Crippen LogP contribution in [0.3, 0.4) is 0 Å². The third-order valence-electron chi connectivity index (χ3n) is 4.93. The molecule has 2 aromatic carbocycles. The molecule has 1 atom stereocenters. The Labute approximate surface area is 140 Å². The van der Waals surface area contributed by atoms with E-state index >= 15 is 0 Å². The number of anilines is 1. The fraction of sp³-hybridized carbons (Fsp3) is 0.316. The Morgan fingerprint density at radius 3 is 2.92 bits per heavy atom. The first-order valence-corrected chi connectivity index (χ1v) is 8.21. The molecule has 0 spiro atoms. The van der Waals surface area contributed by atoms with Crippen LogP contribution in [0.1, 0.15) is 39.5 Å². The summed E-state index contributed by atoms with van der Waals surface area (Å²) >= 11 is 0. The van der Waals surface area contributed by atoms with Gasteiger partial charge in [0.05, 0.1) is 13.2 Å². The molecule has 24 heavy (non-hydrogen) atoms. The van der Waals surface area contributed by atoms with Crippen molar-refractivity contribution in [3.05, 3.63) is 58.4 Å². The summed E-state index contributed by atoms with van der Waals surface area (Å²) in [6.07, 6.45) is 2.32. The summed E-state index contributed by atoms with van der Waals surface area (Å²) in [7, 11) is 1.48.